The standard InChI is InChI=1S/C16H23BrN2O/c1-11-9-12(5-6-13(11)17)15(20)19-10-14-16(2,3)7-4-8-18-14/h5-6,9,14,18H,4,7-8,10H2,1-3H3,(H,19,20). The quantitative estimate of drug-likeness (QED) is 0.887. The third-order valence-corrected chi connectivity index (χ3v) is 5.11. The molecular weight excluding hydrogens is 316 g/mol. The van der Waals surface area contributed by atoms with E-state index in [2.05, 4.69) is 40.4 Å². The summed E-state index contributed by atoms with van der Waals surface area (Å²) in [4.78, 5) is 12.2. The van der Waals surface area contributed by atoms with Crippen LogP contribution in [0.1, 0.15) is 42.6 Å². The Kier molecular flexibility index (Phi) is 4.86. The van der Waals surface area contributed by atoms with Gasteiger partial charge in [0.15, 0.2) is 0 Å². The van der Waals surface area contributed by atoms with Crippen molar-refractivity contribution in [2.45, 2.75) is 39.7 Å². The van der Waals surface area contributed by atoms with Gasteiger partial charge in [0.1, 0.15) is 0 Å². The van der Waals surface area contributed by atoms with Gasteiger partial charge in [-0.15, -0.1) is 0 Å². The van der Waals surface area contributed by atoms with Crippen LogP contribution >= 0.6 is 15.9 Å². The molecule has 0 aromatic heterocycles. The zero-order chi connectivity index (χ0) is 14.8. The largest absolute Gasteiger partial charge is 0.350 e. The second-order valence-corrected chi connectivity index (χ2v) is 7.13. The monoisotopic (exact) mass is 338 g/mol. The molecule has 0 saturated carbocycles. The van der Waals surface area contributed by atoms with E-state index in [9.17, 15) is 4.79 Å². The fourth-order valence-electron chi connectivity index (χ4n) is 2.70. The maximum Gasteiger partial charge on any atom is 0.251 e. The molecule has 1 aromatic carbocycles. The van der Waals surface area contributed by atoms with Gasteiger partial charge < -0.3 is 10.6 Å². The van der Waals surface area contributed by atoms with Crippen LogP contribution in [0.25, 0.3) is 0 Å². The van der Waals surface area contributed by atoms with Gasteiger partial charge in [0, 0.05) is 22.6 Å². The molecule has 1 heterocycles. The number of nitrogens with one attached hydrogen (secondary N) is 2. The Morgan fingerprint density at radius 3 is 2.90 bits per heavy atom. The predicted octanol–water partition coefficient (Wildman–Crippen LogP) is 3.27. The van der Waals surface area contributed by atoms with Crippen LogP contribution in [0.5, 0.6) is 0 Å². The number of piperidine rings is 1. The molecule has 1 amide bonds. The number of benzene rings is 1. The van der Waals surface area contributed by atoms with Crippen molar-refractivity contribution in [2.24, 2.45) is 5.41 Å². The van der Waals surface area contributed by atoms with E-state index in [0.717, 1.165) is 22.1 Å². The lowest BCUT2D eigenvalue weighted by molar-refractivity contribution is 0.0928. The molecule has 0 bridgehead atoms. The van der Waals surface area contributed by atoms with Crippen LogP contribution < -0.4 is 10.6 Å². The summed E-state index contributed by atoms with van der Waals surface area (Å²) in [6, 6.07) is 6.04. The molecule has 1 aliphatic rings. The number of carbonyl (C=O) groups is 1. The van der Waals surface area contributed by atoms with Crippen LogP contribution in [-0.4, -0.2) is 25.0 Å². The summed E-state index contributed by atoms with van der Waals surface area (Å²) < 4.78 is 1.03. The summed E-state index contributed by atoms with van der Waals surface area (Å²) >= 11 is 3.45. The van der Waals surface area contributed by atoms with E-state index in [4.69, 9.17) is 0 Å². The molecule has 0 aliphatic carbocycles. The maximum atomic E-state index is 12.2. The Morgan fingerprint density at radius 1 is 1.50 bits per heavy atom. The highest BCUT2D eigenvalue weighted by molar-refractivity contribution is 9.10. The van der Waals surface area contributed by atoms with Gasteiger partial charge in [-0.25, -0.2) is 0 Å². The summed E-state index contributed by atoms with van der Waals surface area (Å²) in [5, 5.41) is 6.57. The minimum Gasteiger partial charge on any atom is -0.350 e. The molecule has 2 rings (SSSR count). The smallest absolute Gasteiger partial charge is 0.251 e. The van der Waals surface area contributed by atoms with Crippen molar-refractivity contribution < 1.29 is 4.79 Å². The van der Waals surface area contributed by atoms with Gasteiger partial charge >= 0.3 is 0 Å². The number of hydrogen-bond donors (Lipinski definition) is 2. The lowest BCUT2D eigenvalue weighted by Gasteiger charge is -2.39. The molecular formula is C16H23BrN2O. The van der Waals surface area contributed by atoms with Crippen molar-refractivity contribution in [1.29, 1.82) is 0 Å². The van der Waals surface area contributed by atoms with Crippen molar-refractivity contribution in [3.8, 4) is 0 Å². The van der Waals surface area contributed by atoms with Gasteiger partial charge in [-0.05, 0) is 55.5 Å². The molecule has 1 saturated heterocycles. The first-order valence-corrected chi connectivity index (χ1v) is 7.97. The van der Waals surface area contributed by atoms with Gasteiger partial charge in [0.05, 0.1) is 0 Å². The molecule has 0 spiro atoms. The van der Waals surface area contributed by atoms with Crippen LogP contribution in [-0.2, 0) is 0 Å². The topological polar surface area (TPSA) is 41.1 Å². The summed E-state index contributed by atoms with van der Waals surface area (Å²) in [5.74, 6) is 0.00349. The Bertz CT molecular complexity index is 499. The number of aryl methyl sites for hydroxylation is 1. The average Bonchev–Trinajstić information content (AvgIpc) is 2.40. The average molecular weight is 339 g/mol. The molecule has 110 valence electrons. The molecule has 0 radical (unpaired) electrons. The molecule has 3 nitrogen and oxygen atoms in total. The number of hydrogen-bond acceptors (Lipinski definition) is 2. The van der Waals surface area contributed by atoms with E-state index in [1.807, 2.05) is 25.1 Å². The lowest BCUT2D eigenvalue weighted by atomic mass is 9.77. The highest BCUT2D eigenvalue weighted by Crippen LogP contribution is 2.29. The highest BCUT2D eigenvalue weighted by Gasteiger charge is 2.31. The van der Waals surface area contributed by atoms with Crippen molar-refractivity contribution in [3.63, 3.8) is 0 Å². The van der Waals surface area contributed by atoms with E-state index in [1.54, 1.807) is 0 Å². The van der Waals surface area contributed by atoms with Crippen LogP contribution in [0.3, 0.4) is 0 Å². The molecule has 2 N–H and O–H groups in total. The van der Waals surface area contributed by atoms with Gasteiger partial charge in [-0.1, -0.05) is 29.8 Å². The highest BCUT2D eigenvalue weighted by atomic mass is 79.9. The van der Waals surface area contributed by atoms with Gasteiger partial charge in [0.25, 0.3) is 5.91 Å². The van der Waals surface area contributed by atoms with E-state index >= 15 is 0 Å². The summed E-state index contributed by atoms with van der Waals surface area (Å²) in [5.41, 5.74) is 2.04. The van der Waals surface area contributed by atoms with Crippen LogP contribution in [0.4, 0.5) is 0 Å². The minimum atomic E-state index is 0.00349. The molecule has 4 heteroatoms. The Morgan fingerprint density at radius 2 is 2.25 bits per heavy atom. The number of rotatable bonds is 3. The fraction of sp³-hybridized carbons (Fsp3) is 0.562. The minimum absolute atomic E-state index is 0.00349. The van der Waals surface area contributed by atoms with Crippen molar-refractivity contribution in [2.75, 3.05) is 13.1 Å². The number of amides is 1. The molecule has 1 aromatic rings. The molecule has 1 aliphatic heterocycles. The normalized spacial score (nSPS) is 21.5. The van der Waals surface area contributed by atoms with E-state index < -0.39 is 0 Å². The van der Waals surface area contributed by atoms with E-state index in [0.29, 0.717) is 12.6 Å². The molecule has 1 atom stereocenters. The van der Waals surface area contributed by atoms with Crippen molar-refractivity contribution in [1.82, 2.24) is 10.6 Å². The first kappa shape index (κ1) is 15.5. The second-order valence-electron chi connectivity index (χ2n) is 6.27. The van der Waals surface area contributed by atoms with Gasteiger partial charge in [-0.3, -0.25) is 4.79 Å². The second kappa shape index (κ2) is 6.27. The van der Waals surface area contributed by atoms with Crippen molar-refractivity contribution >= 4 is 21.8 Å². The van der Waals surface area contributed by atoms with E-state index in [-0.39, 0.29) is 11.3 Å². The van der Waals surface area contributed by atoms with Crippen LogP contribution in [0.2, 0.25) is 0 Å². The summed E-state index contributed by atoms with van der Waals surface area (Å²) in [6.45, 7) is 8.24. The van der Waals surface area contributed by atoms with E-state index in [1.165, 1.54) is 12.8 Å². The third-order valence-electron chi connectivity index (χ3n) is 4.22. The van der Waals surface area contributed by atoms with Crippen LogP contribution in [0.15, 0.2) is 22.7 Å². The number of carbonyl (C=O) groups excluding carboxylic acids is 1. The zero-order valence-corrected chi connectivity index (χ0v) is 14.0. The fourth-order valence-corrected chi connectivity index (χ4v) is 2.95. The van der Waals surface area contributed by atoms with Crippen LogP contribution in [0, 0.1) is 12.3 Å². The molecule has 20 heavy (non-hydrogen) atoms. The first-order chi connectivity index (χ1) is 9.40. The molecule has 1 unspecified atom stereocenters. The SMILES string of the molecule is Cc1cc(C(=O)NCC2NCCCC2(C)C)ccc1Br. The Labute approximate surface area is 129 Å². The predicted molar refractivity (Wildman–Crippen MR) is 86.0 cm³/mol. The maximum absolute atomic E-state index is 12.2. The number of halogens is 1. The summed E-state index contributed by atoms with van der Waals surface area (Å²) in [7, 11) is 0. The summed E-state index contributed by atoms with van der Waals surface area (Å²) in [6.07, 6.45) is 2.42. The Hall–Kier alpha value is -0.870. The first-order valence-electron chi connectivity index (χ1n) is 7.18. The third kappa shape index (κ3) is 3.61. The molecule has 1 fully saturated rings. The van der Waals surface area contributed by atoms with Gasteiger partial charge in [0.2, 0.25) is 0 Å². The van der Waals surface area contributed by atoms with Gasteiger partial charge in [-0.2, -0.15) is 0 Å². The Balaban J connectivity index is 1.96. The lowest BCUT2D eigenvalue weighted by Crippen LogP contribution is -2.52. The zero-order valence-electron chi connectivity index (χ0n) is 12.4. The van der Waals surface area contributed by atoms with Crippen molar-refractivity contribution in [3.05, 3.63) is 33.8 Å².